The van der Waals surface area contributed by atoms with Crippen LogP contribution in [0.15, 0.2) is 36.7 Å². The van der Waals surface area contributed by atoms with Gasteiger partial charge in [-0.3, -0.25) is 0 Å². The number of benzene rings is 1. The van der Waals surface area contributed by atoms with Gasteiger partial charge in [0, 0.05) is 37.3 Å². The zero-order chi connectivity index (χ0) is 14.8. The topological polar surface area (TPSA) is 75.3 Å². The summed E-state index contributed by atoms with van der Waals surface area (Å²) in [6.07, 6.45) is 3.63. The van der Waals surface area contributed by atoms with Gasteiger partial charge in [0.2, 0.25) is 0 Å². The van der Waals surface area contributed by atoms with Crippen molar-refractivity contribution in [2.75, 3.05) is 11.9 Å². The van der Waals surface area contributed by atoms with E-state index in [-0.39, 0.29) is 5.75 Å². The van der Waals surface area contributed by atoms with Crippen LogP contribution in [0.3, 0.4) is 0 Å². The van der Waals surface area contributed by atoms with E-state index in [9.17, 15) is 5.11 Å². The van der Waals surface area contributed by atoms with E-state index in [1.807, 2.05) is 25.2 Å². The van der Waals surface area contributed by atoms with Crippen molar-refractivity contribution in [2.45, 2.75) is 31.3 Å². The van der Waals surface area contributed by atoms with Crippen molar-refractivity contribution < 1.29 is 5.11 Å². The molecule has 5 heteroatoms. The van der Waals surface area contributed by atoms with Crippen LogP contribution < -0.4 is 10.6 Å². The molecule has 3 N–H and O–H groups in total. The van der Waals surface area contributed by atoms with Crippen LogP contribution in [0.25, 0.3) is 0 Å². The Balaban J connectivity index is 1.72. The van der Waals surface area contributed by atoms with E-state index < -0.39 is 0 Å². The third-order valence-corrected chi connectivity index (χ3v) is 3.99. The zero-order valence-electron chi connectivity index (χ0n) is 12.1. The van der Waals surface area contributed by atoms with E-state index in [1.165, 1.54) is 0 Å². The highest BCUT2D eigenvalue weighted by Crippen LogP contribution is 2.35. The molecule has 1 saturated carbocycles. The third-order valence-electron chi connectivity index (χ3n) is 3.99. The largest absolute Gasteiger partial charge is 0.508 e. The Bertz CT molecular complexity index is 625. The van der Waals surface area contributed by atoms with Gasteiger partial charge in [-0.15, -0.1) is 0 Å². The maximum absolute atomic E-state index is 9.52. The fourth-order valence-electron chi connectivity index (χ4n) is 2.71. The van der Waals surface area contributed by atoms with E-state index in [4.69, 9.17) is 5.73 Å². The van der Waals surface area contributed by atoms with Gasteiger partial charge < -0.3 is 15.7 Å². The van der Waals surface area contributed by atoms with E-state index in [0.717, 1.165) is 29.9 Å². The second-order valence-electron chi connectivity index (χ2n) is 5.76. The molecule has 1 aromatic heterocycles. The summed E-state index contributed by atoms with van der Waals surface area (Å²) in [5.41, 5.74) is 7.96. The highest BCUT2D eigenvalue weighted by Gasteiger charge is 2.28. The smallest absolute Gasteiger partial charge is 0.132 e. The first-order valence-corrected chi connectivity index (χ1v) is 7.18. The number of phenolic OH excluding ortho intramolecular Hbond substituents is 1. The molecule has 1 aliphatic rings. The molecule has 0 unspecified atom stereocenters. The molecular formula is C16H20N4O. The predicted octanol–water partition coefficient (Wildman–Crippen LogP) is 2.02. The minimum atomic E-state index is 0.285. The summed E-state index contributed by atoms with van der Waals surface area (Å²) < 4.78 is 0. The Hall–Kier alpha value is -2.14. The molecule has 0 amide bonds. The summed E-state index contributed by atoms with van der Waals surface area (Å²) in [5, 5.41) is 9.52. The van der Waals surface area contributed by atoms with Crippen molar-refractivity contribution in [3.8, 4) is 5.75 Å². The lowest BCUT2D eigenvalue weighted by Crippen LogP contribution is -2.35. The summed E-state index contributed by atoms with van der Waals surface area (Å²) in [6, 6.07) is 9.64. The first-order chi connectivity index (χ1) is 10.1. The van der Waals surface area contributed by atoms with E-state index in [0.29, 0.717) is 18.5 Å². The van der Waals surface area contributed by atoms with Gasteiger partial charge in [-0.25, -0.2) is 9.97 Å². The minimum absolute atomic E-state index is 0.285. The molecule has 1 aromatic carbocycles. The molecule has 110 valence electrons. The molecule has 0 saturated heterocycles. The molecule has 0 spiro atoms. The predicted molar refractivity (Wildman–Crippen MR) is 82.2 cm³/mol. The molecule has 0 aliphatic heterocycles. The Morgan fingerprint density at radius 2 is 2.10 bits per heavy atom. The Kier molecular flexibility index (Phi) is 3.75. The molecule has 2 aromatic rings. The number of anilines is 1. The molecule has 3 rings (SSSR count). The fraction of sp³-hybridized carbons (Fsp3) is 0.375. The lowest BCUT2D eigenvalue weighted by Gasteiger charge is -2.32. The van der Waals surface area contributed by atoms with E-state index in [1.54, 1.807) is 18.5 Å². The van der Waals surface area contributed by atoms with Crippen molar-refractivity contribution in [2.24, 2.45) is 5.73 Å². The van der Waals surface area contributed by atoms with Crippen LogP contribution in [0.4, 0.5) is 5.82 Å². The minimum Gasteiger partial charge on any atom is -0.508 e. The molecule has 1 heterocycles. The average Bonchev–Trinajstić information content (AvgIpc) is 2.44. The first kappa shape index (κ1) is 13.8. The van der Waals surface area contributed by atoms with Crippen LogP contribution in [-0.2, 0) is 6.54 Å². The SMILES string of the molecule is CN(Cc1cccc(O)c1)c1cc(C2CC(N)C2)ncn1. The van der Waals surface area contributed by atoms with Gasteiger partial charge in [0.25, 0.3) is 0 Å². The van der Waals surface area contributed by atoms with Gasteiger partial charge in [-0.05, 0) is 30.5 Å². The molecule has 0 radical (unpaired) electrons. The normalized spacial score (nSPS) is 20.9. The highest BCUT2D eigenvalue weighted by molar-refractivity contribution is 5.41. The van der Waals surface area contributed by atoms with Crippen molar-refractivity contribution in [1.29, 1.82) is 0 Å². The van der Waals surface area contributed by atoms with Gasteiger partial charge in [0.15, 0.2) is 0 Å². The Morgan fingerprint density at radius 3 is 2.81 bits per heavy atom. The fourth-order valence-corrected chi connectivity index (χ4v) is 2.71. The van der Waals surface area contributed by atoms with Crippen molar-refractivity contribution in [3.05, 3.63) is 47.9 Å². The maximum Gasteiger partial charge on any atom is 0.132 e. The number of nitrogens with zero attached hydrogens (tertiary/aromatic N) is 3. The van der Waals surface area contributed by atoms with Crippen LogP contribution in [0.2, 0.25) is 0 Å². The molecule has 1 aliphatic carbocycles. The van der Waals surface area contributed by atoms with Crippen LogP contribution in [-0.4, -0.2) is 28.2 Å². The summed E-state index contributed by atoms with van der Waals surface area (Å²) in [4.78, 5) is 10.8. The number of aromatic hydroxyl groups is 1. The van der Waals surface area contributed by atoms with Crippen LogP contribution >= 0.6 is 0 Å². The van der Waals surface area contributed by atoms with Crippen LogP contribution in [0, 0.1) is 0 Å². The van der Waals surface area contributed by atoms with Crippen LogP contribution in [0.1, 0.15) is 30.0 Å². The Labute approximate surface area is 124 Å². The van der Waals surface area contributed by atoms with Gasteiger partial charge in [-0.2, -0.15) is 0 Å². The van der Waals surface area contributed by atoms with Gasteiger partial charge in [0.1, 0.15) is 17.9 Å². The standard InChI is InChI=1S/C16H20N4O/c1-20(9-11-3-2-4-14(21)5-11)16-8-15(18-10-19-16)12-6-13(17)7-12/h2-5,8,10,12-13,21H,6-7,9,17H2,1H3. The molecule has 0 bridgehead atoms. The second kappa shape index (κ2) is 5.69. The third kappa shape index (κ3) is 3.13. The summed E-state index contributed by atoms with van der Waals surface area (Å²) in [7, 11) is 1.99. The number of phenols is 1. The summed E-state index contributed by atoms with van der Waals surface area (Å²) in [6.45, 7) is 0.690. The summed E-state index contributed by atoms with van der Waals surface area (Å²) >= 11 is 0. The van der Waals surface area contributed by atoms with Gasteiger partial charge in [-0.1, -0.05) is 12.1 Å². The average molecular weight is 284 g/mol. The van der Waals surface area contributed by atoms with Crippen LogP contribution in [0.5, 0.6) is 5.75 Å². The molecule has 21 heavy (non-hydrogen) atoms. The van der Waals surface area contributed by atoms with Crippen molar-refractivity contribution >= 4 is 5.82 Å². The van der Waals surface area contributed by atoms with Gasteiger partial charge in [0.05, 0.1) is 0 Å². The lowest BCUT2D eigenvalue weighted by atomic mass is 9.78. The number of aromatic nitrogens is 2. The number of hydrogen-bond acceptors (Lipinski definition) is 5. The quantitative estimate of drug-likeness (QED) is 0.898. The molecule has 0 atom stereocenters. The molecule has 5 nitrogen and oxygen atoms in total. The highest BCUT2D eigenvalue weighted by atomic mass is 16.3. The van der Waals surface area contributed by atoms with Gasteiger partial charge >= 0.3 is 0 Å². The molecule has 1 fully saturated rings. The van der Waals surface area contributed by atoms with Crippen molar-refractivity contribution in [3.63, 3.8) is 0 Å². The monoisotopic (exact) mass is 284 g/mol. The first-order valence-electron chi connectivity index (χ1n) is 7.18. The van der Waals surface area contributed by atoms with E-state index in [2.05, 4.69) is 14.9 Å². The number of nitrogens with two attached hydrogens (primary N) is 1. The van der Waals surface area contributed by atoms with E-state index >= 15 is 0 Å². The summed E-state index contributed by atoms with van der Waals surface area (Å²) in [5.74, 6) is 1.65. The number of rotatable bonds is 4. The zero-order valence-corrected chi connectivity index (χ0v) is 12.1. The Morgan fingerprint density at radius 1 is 1.29 bits per heavy atom. The van der Waals surface area contributed by atoms with Crippen molar-refractivity contribution in [1.82, 2.24) is 9.97 Å². The lowest BCUT2D eigenvalue weighted by molar-refractivity contribution is 0.345. The number of hydrogen-bond donors (Lipinski definition) is 2. The molecular weight excluding hydrogens is 264 g/mol. The maximum atomic E-state index is 9.52. The second-order valence-corrected chi connectivity index (χ2v) is 5.76.